The quantitative estimate of drug-likeness (QED) is 0.543. The number of aromatic amines is 1. The van der Waals surface area contributed by atoms with Gasteiger partial charge in [0.15, 0.2) is 0 Å². The fourth-order valence-electron chi connectivity index (χ4n) is 2.23. The first-order valence-corrected chi connectivity index (χ1v) is 7.80. The molecule has 2 heterocycles. The highest BCUT2D eigenvalue weighted by molar-refractivity contribution is 5.90. The van der Waals surface area contributed by atoms with E-state index >= 15 is 0 Å². The Labute approximate surface area is 163 Å². The van der Waals surface area contributed by atoms with Crippen molar-refractivity contribution in [3.05, 3.63) is 47.3 Å². The number of nitrogens with one attached hydrogen (secondary N) is 2. The Morgan fingerprint density at radius 3 is 2.54 bits per heavy atom. The molecule has 0 radical (unpaired) electrons. The van der Waals surface area contributed by atoms with E-state index in [9.17, 15) is 18.0 Å². The predicted octanol–water partition coefficient (Wildman–Crippen LogP) is 1.69. The zero-order valence-corrected chi connectivity index (χ0v) is 15.3. The van der Waals surface area contributed by atoms with Crippen molar-refractivity contribution in [1.29, 1.82) is 0 Å². The molecule has 0 atom stereocenters. The molecular formula is C15H16ClF3N8O. The Balaban J connectivity index is 0.00000280. The topological polar surface area (TPSA) is 127 Å². The number of carbonyl (C=O) groups excluding carboxylic acids is 1. The molecule has 150 valence electrons. The zero-order valence-electron chi connectivity index (χ0n) is 14.5. The third-order valence-corrected chi connectivity index (χ3v) is 3.58. The Morgan fingerprint density at radius 2 is 1.93 bits per heavy atom. The summed E-state index contributed by atoms with van der Waals surface area (Å²) in [5, 5.41) is 11.8. The van der Waals surface area contributed by atoms with Crippen molar-refractivity contribution in [1.82, 2.24) is 35.3 Å². The van der Waals surface area contributed by atoms with Crippen molar-refractivity contribution in [2.75, 3.05) is 12.3 Å². The van der Waals surface area contributed by atoms with Crippen LogP contribution in [0.3, 0.4) is 0 Å². The SMILES string of the molecule is Cc1nc(C(=O)NCCc2ccc(N)cc2)nn1-c1n[nH]c(C(F)(F)F)n1.Cl. The molecule has 0 aliphatic rings. The van der Waals surface area contributed by atoms with Gasteiger partial charge in [-0.25, -0.2) is 4.98 Å². The molecule has 3 rings (SSSR count). The number of benzene rings is 1. The Bertz CT molecular complexity index is 951. The maximum atomic E-state index is 12.6. The molecule has 0 fully saturated rings. The Hall–Kier alpha value is -3.15. The van der Waals surface area contributed by atoms with Crippen LogP contribution in [0.25, 0.3) is 5.95 Å². The summed E-state index contributed by atoms with van der Waals surface area (Å²) in [5.41, 5.74) is 7.24. The Kier molecular flexibility index (Phi) is 6.23. The van der Waals surface area contributed by atoms with Crippen LogP contribution in [0.15, 0.2) is 24.3 Å². The maximum absolute atomic E-state index is 12.6. The van der Waals surface area contributed by atoms with Gasteiger partial charge >= 0.3 is 6.18 Å². The number of nitrogens with zero attached hydrogens (tertiary/aromatic N) is 5. The third-order valence-electron chi connectivity index (χ3n) is 3.58. The average Bonchev–Trinajstić information content (AvgIpc) is 3.23. The smallest absolute Gasteiger partial charge is 0.399 e. The van der Waals surface area contributed by atoms with E-state index in [0.29, 0.717) is 18.7 Å². The van der Waals surface area contributed by atoms with Gasteiger partial charge in [-0.2, -0.15) is 22.8 Å². The van der Waals surface area contributed by atoms with Gasteiger partial charge < -0.3 is 11.1 Å². The number of hydrogen-bond acceptors (Lipinski definition) is 6. The number of H-pyrrole nitrogens is 1. The number of aromatic nitrogens is 6. The van der Waals surface area contributed by atoms with Crippen molar-refractivity contribution in [2.24, 2.45) is 0 Å². The lowest BCUT2D eigenvalue weighted by Gasteiger charge is -2.03. The first-order valence-electron chi connectivity index (χ1n) is 7.80. The molecule has 0 spiro atoms. The summed E-state index contributed by atoms with van der Waals surface area (Å²) in [5.74, 6) is -2.19. The number of rotatable bonds is 5. The van der Waals surface area contributed by atoms with Gasteiger partial charge in [-0.15, -0.1) is 22.6 Å². The summed E-state index contributed by atoms with van der Waals surface area (Å²) in [4.78, 5) is 19.4. The van der Waals surface area contributed by atoms with Crippen LogP contribution < -0.4 is 11.1 Å². The molecule has 28 heavy (non-hydrogen) atoms. The Morgan fingerprint density at radius 1 is 1.25 bits per heavy atom. The highest BCUT2D eigenvalue weighted by atomic mass is 35.5. The van der Waals surface area contributed by atoms with Gasteiger partial charge in [0, 0.05) is 12.2 Å². The number of aryl methyl sites for hydroxylation is 1. The number of nitrogen functional groups attached to an aromatic ring is 1. The van der Waals surface area contributed by atoms with E-state index in [2.05, 4.69) is 25.5 Å². The second kappa shape index (κ2) is 8.25. The number of amides is 1. The summed E-state index contributed by atoms with van der Waals surface area (Å²) in [6, 6.07) is 7.21. The van der Waals surface area contributed by atoms with Crippen molar-refractivity contribution in [2.45, 2.75) is 19.5 Å². The molecule has 3 aromatic rings. The highest BCUT2D eigenvalue weighted by Crippen LogP contribution is 2.26. The van der Waals surface area contributed by atoms with E-state index < -0.39 is 17.9 Å². The van der Waals surface area contributed by atoms with Gasteiger partial charge in [0.25, 0.3) is 11.9 Å². The molecule has 0 saturated carbocycles. The van der Waals surface area contributed by atoms with Gasteiger partial charge in [-0.05, 0) is 31.0 Å². The van der Waals surface area contributed by atoms with Crippen LogP contribution >= 0.6 is 12.4 Å². The molecule has 0 saturated heterocycles. The van der Waals surface area contributed by atoms with Gasteiger partial charge in [-0.1, -0.05) is 12.1 Å². The molecule has 13 heteroatoms. The standard InChI is InChI=1S/C15H15F3N8O.ClH/c1-8-21-11(12(27)20-7-6-9-2-4-10(19)5-3-9)25-26(8)14-22-13(23-24-14)15(16,17)18;/h2-5H,6-7,19H2,1H3,(H,20,27)(H,22,23,24);1H. The molecule has 1 amide bonds. The number of halogens is 4. The fourth-order valence-corrected chi connectivity index (χ4v) is 2.23. The minimum atomic E-state index is -4.66. The van der Waals surface area contributed by atoms with Crippen LogP contribution in [0.2, 0.25) is 0 Å². The van der Waals surface area contributed by atoms with Gasteiger partial charge in [0.05, 0.1) is 0 Å². The second-order valence-corrected chi connectivity index (χ2v) is 5.62. The molecule has 0 unspecified atom stereocenters. The molecule has 0 aliphatic carbocycles. The monoisotopic (exact) mass is 416 g/mol. The number of nitrogens with two attached hydrogens (primary N) is 1. The number of alkyl halides is 3. The van der Waals surface area contributed by atoms with Crippen LogP contribution in [-0.4, -0.2) is 42.4 Å². The minimum Gasteiger partial charge on any atom is -0.399 e. The molecule has 0 aliphatic heterocycles. The van der Waals surface area contributed by atoms with E-state index in [-0.39, 0.29) is 30.0 Å². The van der Waals surface area contributed by atoms with Crippen LogP contribution in [-0.2, 0) is 12.6 Å². The number of hydrogen-bond donors (Lipinski definition) is 3. The molecule has 9 nitrogen and oxygen atoms in total. The van der Waals surface area contributed by atoms with E-state index in [4.69, 9.17) is 5.73 Å². The molecule has 1 aromatic carbocycles. The van der Waals surface area contributed by atoms with E-state index in [1.165, 1.54) is 6.92 Å². The number of anilines is 1. The maximum Gasteiger partial charge on any atom is 0.451 e. The lowest BCUT2D eigenvalue weighted by molar-refractivity contribution is -0.144. The first kappa shape index (κ1) is 21.2. The summed E-state index contributed by atoms with van der Waals surface area (Å²) >= 11 is 0. The minimum absolute atomic E-state index is 0. The van der Waals surface area contributed by atoms with Crippen molar-refractivity contribution in [3.63, 3.8) is 0 Å². The summed E-state index contributed by atoms with van der Waals surface area (Å²) in [6.45, 7) is 1.80. The molecule has 2 aromatic heterocycles. The molecule has 0 bridgehead atoms. The summed E-state index contributed by atoms with van der Waals surface area (Å²) in [6.07, 6.45) is -4.09. The van der Waals surface area contributed by atoms with Crippen molar-refractivity contribution in [3.8, 4) is 5.95 Å². The predicted molar refractivity (Wildman–Crippen MR) is 95.2 cm³/mol. The van der Waals surface area contributed by atoms with Crippen molar-refractivity contribution >= 4 is 24.0 Å². The largest absolute Gasteiger partial charge is 0.451 e. The average molecular weight is 417 g/mol. The normalized spacial score (nSPS) is 11.1. The lowest BCUT2D eigenvalue weighted by atomic mass is 10.1. The number of carbonyl (C=O) groups is 1. The summed E-state index contributed by atoms with van der Waals surface area (Å²) in [7, 11) is 0. The van der Waals surface area contributed by atoms with Crippen LogP contribution in [0, 0.1) is 6.92 Å². The van der Waals surface area contributed by atoms with Crippen LogP contribution in [0.5, 0.6) is 0 Å². The fraction of sp³-hybridized carbons (Fsp3) is 0.267. The van der Waals surface area contributed by atoms with Gasteiger partial charge in [0.2, 0.25) is 11.6 Å². The second-order valence-electron chi connectivity index (χ2n) is 5.62. The van der Waals surface area contributed by atoms with E-state index in [1.54, 1.807) is 17.2 Å². The van der Waals surface area contributed by atoms with E-state index in [1.807, 2.05) is 12.1 Å². The van der Waals surface area contributed by atoms with E-state index in [0.717, 1.165) is 10.2 Å². The summed E-state index contributed by atoms with van der Waals surface area (Å²) < 4.78 is 38.8. The molecular weight excluding hydrogens is 401 g/mol. The highest BCUT2D eigenvalue weighted by Gasteiger charge is 2.35. The van der Waals surface area contributed by atoms with Gasteiger partial charge in [0.1, 0.15) is 5.82 Å². The van der Waals surface area contributed by atoms with Gasteiger partial charge in [-0.3, -0.25) is 9.89 Å². The zero-order chi connectivity index (χ0) is 19.6. The lowest BCUT2D eigenvalue weighted by Crippen LogP contribution is -2.27. The first-order chi connectivity index (χ1) is 12.7. The third kappa shape index (κ3) is 4.76. The van der Waals surface area contributed by atoms with Crippen LogP contribution in [0.4, 0.5) is 18.9 Å². The van der Waals surface area contributed by atoms with Crippen molar-refractivity contribution < 1.29 is 18.0 Å². The molecule has 4 N–H and O–H groups in total. The van der Waals surface area contributed by atoms with Crippen LogP contribution in [0.1, 0.15) is 27.8 Å².